The number of carbonyl (C=O) groups is 1. The number of hydrazine groups is 1. The predicted molar refractivity (Wildman–Crippen MR) is 52.6 cm³/mol. The third kappa shape index (κ3) is 5.05. The van der Waals surface area contributed by atoms with Crippen molar-refractivity contribution < 1.29 is 4.79 Å². The molecule has 2 N–H and O–H groups in total. The molecule has 2 rings (SSSR count). The Balaban J connectivity index is 0.000000132. The molecule has 1 aromatic carbocycles. The standard InChI is InChI=1S/C6H5.C3H6N2O.Na/c1-2-4-6-5-3-1;6-3-1-2-4-5-3;/h1-5H;4H,1-2H2,(H,5,6);. The van der Waals surface area contributed by atoms with Gasteiger partial charge in [-0.1, -0.05) is 0 Å². The molecule has 0 aliphatic carbocycles. The summed E-state index contributed by atoms with van der Waals surface area (Å²) in [6.45, 7) is 0.777. The zero-order valence-corrected chi connectivity index (χ0v) is 9.71. The molecular formula is C9H11N2NaO. The molecule has 64 valence electrons. The Morgan fingerprint density at radius 3 is 2.15 bits per heavy atom. The summed E-state index contributed by atoms with van der Waals surface area (Å²) in [6, 6.07) is 10.5. The first kappa shape index (κ1) is 10.7. The third-order valence-corrected chi connectivity index (χ3v) is 2.31. The van der Waals surface area contributed by atoms with Gasteiger partial charge in [0.1, 0.15) is 0 Å². The van der Waals surface area contributed by atoms with Crippen molar-refractivity contribution in [3.8, 4) is 0 Å². The van der Waals surface area contributed by atoms with E-state index in [1.54, 1.807) is 0 Å². The second kappa shape index (κ2) is 6.16. The minimum atomic E-state index is 0.0926. The van der Waals surface area contributed by atoms with Crippen molar-refractivity contribution in [1.29, 1.82) is 0 Å². The van der Waals surface area contributed by atoms with Gasteiger partial charge in [-0.25, -0.2) is 5.43 Å². The molecule has 0 spiro atoms. The average molecular weight is 186 g/mol. The van der Waals surface area contributed by atoms with Crippen LogP contribution in [0.15, 0.2) is 30.3 Å². The number of amides is 1. The van der Waals surface area contributed by atoms with Gasteiger partial charge in [-0.05, 0) is 0 Å². The molecule has 1 aliphatic rings. The van der Waals surface area contributed by atoms with Crippen LogP contribution < -0.4 is 13.7 Å². The Morgan fingerprint density at radius 2 is 1.92 bits per heavy atom. The molecule has 0 saturated carbocycles. The molecule has 0 unspecified atom stereocenters. The van der Waals surface area contributed by atoms with Gasteiger partial charge in [0.15, 0.2) is 0 Å². The second-order valence-electron chi connectivity index (χ2n) is 2.88. The van der Waals surface area contributed by atoms with Crippen molar-refractivity contribution in [1.82, 2.24) is 10.9 Å². The Labute approximate surface area is 95.3 Å². The van der Waals surface area contributed by atoms with E-state index >= 15 is 0 Å². The molecule has 0 atom stereocenters. The molecule has 0 aromatic heterocycles. The quantitative estimate of drug-likeness (QED) is 0.536. The number of hydrogen-bond donors (Lipinski definition) is 2. The maximum atomic E-state index is 10.1. The van der Waals surface area contributed by atoms with E-state index in [-0.39, 0.29) is 5.91 Å². The maximum absolute atomic E-state index is 10.1. The Hall–Kier alpha value is -0.350. The van der Waals surface area contributed by atoms with E-state index in [4.69, 9.17) is 0 Å². The zero-order chi connectivity index (χ0) is 9.52. The summed E-state index contributed by atoms with van der Waals surface area (Å²) in [5.74, 6) is 0.0926. The molecule has 4 heteroatoms. The number of nitrogens with one attached hydrogen (secondary N) is 2. The van der Waals surface area contributed by atoms with Gasteiger partial charge in [-0.2, -0.15) is 0 Å². The number of carbonyl (C=O) groups excluding carboxylic acids is 1. The van der Waals surface area contributed by atoms with Gasteiger partial charge >= 0.3 is 61.1 Å². The molecule has 1 saturated heterocycles. The fraction of sp³-hybridized carbons (Fsp3) is 0.222. The van der Waals surface area contributed by atoms with Gasteiger partial charge < -0.3 is 0 Å². The van der Waals surface area contributed by atoms with Crippen LogP contribution in [-0.2, 0) is 4.79 Å². The van der Waals surface area contributed by atoms with Crippen molar-refractivity contribution in [2.75, 3.05) is 6.54 Å². The Morgan fingerprint density at radius 1 is 1.23 bits per heavy atom. The second-order valence-corrected chi connectivity index (χ2v) is 4.03. The van der Waals surface area contributed by atoms with Crippen LogP contribution in [0.4, 0.5) is 0 Å². The van der Waals surface area contributed by atoms with Gasteiger partial charge in [0.2, 0.25) is 5.91 Å². The Kier molecular flexibility index (Phi) is 5.08. The summed E-state index contributed by atoms with van der Waals surface area (Å²) in [7, 11) is 0. The monoisotopic (exact) mass is 186 g/mol. The molecule has 1 aromatic rings. The number of rotatable bonds is 0. The Bertz CT molecular complexity index is 256. The van der Waals surface area contributed by atoms with Crippen LogP contribution in [0.3, 0.4) is 0 Å². The van der Waals surface area contributed by atoms with E-state index < -0.39 is 0 Å². The molecule has 0 bridgehead atoms. The summed E-state index contributed by atoms with van der Waals surface area (Å²) in [4.78, 5) is 10.1. The van der Waals surface area contributed by atoms with Crippen molar-refractivity contribution in [2.24, 2.45) is 0 Å². The number of hydrogen-bond acceptors (Lipinski definition) is 2. The van der Waals surface area contributed by atoms with Gasteiger partial charge in [0, 0.05) is 13.0 Å². The molecule has 0 radical (unpaired) electrons. The normalized spacial score (nSPS) is 14.5. The summed E-state index contributed by atoms with van der Waals surface area (Å²) >= 11 is 1.17. The fourth-order valence-electron chi connectivity index (χ4n) is 0.934. The molecule has 1 aliphatic heterocycles. The minimum absolute atomic E-state index is 0.0926. The van der Waals surface area contributed by atoms with Crippen LogP contribution in [-0.4, -0.2) is 40.4 Å². The average Bonchev–Trinajstić information content (AvgIpc) is 2.58. The van der Waals surface area contributed by atoms with Gasteiger partial charge in [0.05, 0.1) is 0 Å². The molecule has 1 fully saturated rings. The van der Waals surface area contributed by atoms with Crippen LogP contribution in [0.5, 0.6) is 0 Å². The van der Waals surface area contributed by atoms with Crippen LogP contribution in [0, 0.1) is 0 Å². The van der Waals surface area contributed by atoms with E-state index in [9.17, 15) is 4.79 Å². The van der Waals surface area contributed by atoms with Crippen LogP contribution in [0.2, 0.25) is 0 Å². The molecule has 1 amide bonds. The molecule has 13 heavy (non-hydrogen) atoms. The fourth-order valence-corrected chi connectivity index (χ4v) is 1.32. The molecule has 3 nitrogen and oxygen atoms in total. The topological polar surface area (TPSA) is 41.1 Å². The van der Waals surface area contributed by atoms with Gasteiger partial charge in [-0.15, -0.1) is 0 Å². The van der Waals surface area contributed by atoms with E-state index in [2.05, 4.69) is 35.1 Å². The van der Waals surface area contributed by atoms with E-state index in [0.29, 0.717) is 6.42 Å². The summed E-state index contributed by atoms with van der Waals surface area (Å²) in [5.41, 5.74) is 5.10. The predicted octanol–water partition coefficient (Wildman–Crippen LogP) is -0.509. The summed E-state index contributed by atoms with van der Waals surface area (Å²) in [5, 5.41) is 0. The van der Waals surface area contributed by atoms with Gasteiger partial charge in [-0.3, -0.25) is 10.2 Å². The summed E-state index contributed by atoms with van der Waals surface area (Å²) in [6.07, 6.45) is 0.625. The van der Waals surface area contributed by atoms with E-state index in [1.165, 1.54) is 30.7 Å². The SMILES string of the molecule is O=C1CCNN1.[Na][c]1ccccc1. The zero-order valence-electron chi connectivity index (χ0n) is 7.71. The molecular weight excluding hydrogens is 175 g/mol. The van der Waals surface area contributed by atoms with Crippen LogP contribution in [0.1, 0.15) is 6.42 Å². The van der Waals surface area contributed by atoms with Gasteiger partial charge in [0.25, 0.3) is 0 Å². The first-order chi connectivity index (χ1) is 6.29. The number of benzene rings is 1. The van der Waals surface area contributed by atoms with E-state index in [1.807, 2.05) is 6.07 Å². The first-order valence-corrected chi connectivity index (χ1v) is 5.32. The van der Waals surface area contributed by atoms with Crippen LogP contribution >= 0.6 is 0 Å². The van der Waals surface area contributed by atoms with Crippen molar-refractivity contribution in [2.45, 2.75) is 6.42 Å². The van der Waals surface area contributed by atoms with E-state index in [0.717, 1.165) is 6.54 Å². The van der Waals surface area contributed by atoms with Crippen molar-refractivity contribution in [3.63, 3.8) is 0 Å². The first-order valence-electron chi connectivity index (χ1n) is 4.32. The van der Waals surface area contributed by atoms with Crippen LogP contribution in [0.25, 0.3) is 0 Å². The third-order valence-electron chi connectivity index (χ3n) is 1.65. The molecule has 1 heterocycles. The van der Waals surface area contributed by atoms with Crippen molar-refractivity contribution in [3.05, 3.63) is 30.3 Å². The summed E-state index contributed by atoms with van der Waals surface area (Å²) < 4.78 is 1.46. The van der Waals surface area contributed by atoms with Crippen molar-refractivity contribution >= 4 is 36.7 Å².